The van der Waals surface area contributed by atoms with E-state index in [1.807, 2.05) is 0 Å². The lowest BCUT2D eigenvalue weighted by atomic mass is 9.95. The van der Waals surface area contributed by atoms with Crippen LogP contribution < -0.4 is 20.5 Å². The molecule has 0 radical (unpaired) electrons. The number of benzene rings is 3. The number of aromatic nitrogens is 5. The van der Waals surface area contributed by atoms with Gasteiger partial charge >= 0.3 is 17.8 Å². The van der Waals surface area contributed by atoms with E-state index in [-0.39, 0.29) is 58.9 Å². The van der Waals surface area contributed by atoms with Gasteiger partial charge in [0.1, 0.15) is 18.8 Å². The summed E-state index contributed by atoms with van der Waals surface area (Å²) in [5, 5.41) is 20.5. The lowest BCUT2D eigenvalue weighted by molar-refractivity contribution is -0.137. The Balaban J connectivity index is 1.64. The van der Waals surface area contributed by atoms with Crippen molar-refractivity contribution in [2.24, 2.45) is 7.05 Å². The highest BCUT2D eigenvalue weighted by Crippen LogP contribution is 2.42. The van der Waals surface area contributed by atoms with Crippen molar-refractivity contribution < 1.29 is 36.9 Å². The molecule has 0 fully saturated rings. The quantitative estimate of drug-likeness (QED) is 0.197. The predicted octanol–water partition coefficient (Wildman–Crippen LogP) is 4.68. The fraction of sp³-hybridized carbons (Fsp3) is 0.214. The average Bonchev–Trinajstić information content (AvgIpc) is 3.58. The molecule has 0 aliphatic carbocycles. The molecule has 0 spiro atoms. The first kappa shape index (κ1) is 29.2. The number of carbonyl (C=O) groups is 1. The van der Waals surface area contributed by atoms with Gasteiger partial charge in [-0.3, -0.25) is 9.13 Å². The van der Waals surface area contributed by atoms with Crippen LogP contribution in [-0.2, 0) is 26.4 Å². The minimum absolute atomic E-state index is 0.00148. The van der Waals surface area contributed by atoms with Crippen LogP contribution in [0.4, 0.5) is 23.2 Å². The standard InChI is InChI=1S/C28H24F4N6O5/c1-37-25-19(18-11-22(42-2)23(12-20(18)26(39)40)43-13-24-34-14-35-36-24)9-15(28(30,31)32)10-21(25)38(27(37)41)8-7-33-17-5-3-16(29)4-6-17/h3-6,9-12,14,33H,7-8,13H2,1-2H3,(H,39,40)(H,34,35,36). The lowest BCUT2D eigenvalue weighted by Gasteiger charge is -2.17. The largest absolute Gasteiger partial charge is 0.493 e. The van der Waals surface area contributed by atoms with Crippen molar-refractivity contribution in [3.63, 3.8) is 0 Å². The number of nitrogens with zero attached hydrogens (tertiary/aromatic N) is 4. The van der Waals surface area contributed by atoms with Crippen LogP contribution in [0.25, 0.3) is 22.2 Å². The van der Waals surface area contributed by atoms with Crippen LogP contribution in [0, 0.1) is 5.82 Å². The molecule has 0 aliphatic rings. The number of hydrogen-bond donors (Lipinski definition) is 3. The molecule has 0 amide bonds. The Morgan fingerprint density at radius 3 is 2.47 bits per heavy atom. The maximum absolute atomic E-state index is 14.1. The van der Waals surface area contributed by atoms with Gasteiger partial charge < -0.3 is 24.9 Å². The van der Waals surface area contributed by atoms with Crippen LogP contribution in [0.15, 0.2) is 59.7 Å². The molecule has 224 valence electrons. The van der Waals surface area contributed by atoms with E-state index in [2.05, 4.69) is 20.5 Å². The van der Waals surface area contributed by atoms with Gasteiger partial charge in [-0.2, -0.15) is 13.2 Å². The number of H-pyrrole nitrogens is 1. The third kappa shape index (κ3) is 5.86. The van der Waals surface area contributed by atoms with Crippen molar-refractivity contribution >= 4 is 22.7 Å². The normalized spacial score (nSPS) is 11.6. The van der Waals surface area contributed by atoms with Gasteiger partial charge in [-0.05, 0) is 48.5 Å². The summed E-state index contributed by atoms with van der Waals surface area (Å²) in [6.07, 6.45) is -3.49. The number of methoxy groups -OCH3 is 1. The van der Waals surface area contributed by atoms with Crippen LogP contribution >= 0.6 is 0 Å². The number of aromatic amines is 1. The second-order valence-electron chi connectivity index (χ2n) is 9.39. The average molecular weight is 601 g/mol. The Morgan fingerprint density at radius 1 is 1.09 bits per heavy atom. The van der Waals surface area contributed by atoms with E-state index < -0.39 is 29.2 Å². The first-order chi connectivity index (χ1) is 20.5. The van der Waals surface area contributed by atoms with Gasteiger partial charge in [0.25, 0.3) is 0 Å². The number of halogens is 4. The van der Waals surface area contributed by atoms with Crippen LogP contribution in [0.2, 0.25) is 0 Å². The van der Waals surface area contributed by atoms with Crippen molar-refractivity contribution in [1.29, 1.82) is 0 Å². The number of aryl methyl sites for hydroxylation is 1. The third-order valence-electron chi connectivity index (χ3n) is 6.73. The molecule has 0 aliphatic heterocycles. The number of ether oxygens (including phenoxy) is 2. The van der Waals surface area contributed by atoms with Crippen molar-refractivity contribution in [2.75, 3.05) is 19.0 Å². The maximum Gasteiger partial charge on any atom is 0.416 e. The van der Waals surface area contributed by atoms with E-state index in [1.54, 1.807) is 0 Å². The number of nitrogens with one attached hydrogen (secondary N) is 2. The first-order valence-electron chi connectivity index (χ1n) is 12.7. The summed E-state index contributed by atoms with van der Waals surface area (Å²) < 4.78 is 69.1. The molecule has 5 aromatic rings. The van der Waals surface area contributed by atoms with Crippen LogP contribution in [0.3, 0.4) is 0 Å². The highest BCUT2D eigenvalue weighted by Gasteiger charge is 2.34. The number of aromatic carboxylic acids is 1. The van der Waals surface area contributed by atoms with E-state index in [4.69, 9.17) is 9.47 Å². The molecule has 3 N–H and O–H groups in total. The Labute approximate surface area is 240 Å². The van der Waals surface area contributed by atoms with E-state index >= 15 is 0 Å². The number of carboxylic acids is 1. The molecule has 0 bridgehead atoms. The molecule has 3 aromatic carbocycles. The molecule has 11 nitrogen and oxygen atoms in total. The molecule has 0 saturated carbocycles. The molecule has 0 unspecified atom stereocenters. The number of anilines is 1. The van der Waals surface area contributed by atoms with Crippen molar-refractivity contribution in [1.82, 2.24) is 24.3 Å². The Morgan fingerprint density at radius 2 is 1.84 bits per heavy atom. The number of alkyl halides is 3. The molecular weight excluding hydrogens is 576 g/mol. The number of hydrogen-bond acceptors (Lipinski definition) is 7. The minimum atomic E-state index is -4.82. The van der Waals surface area contributed by atoms with Gasteiger partial charge in [-0.25, -0.2) is 14.0 Å². The van der Waals surface area contributed by atoms with Crippen molar-refractivity contribution in [3.05, 3.63) is 88.1 Å². The third-order valence-corrected chi connectivity index (χ3v) is 6.73. The number of carboxylic acid groups (broad SMARTS) is 1. The second-order valence-corrected chi connectivity index (χ2v) is 9.39. The van der Waals surface area contributed by atoms with Crippen LogP contribution in [-0.4, -0.2) is 49.0 Å². The summed E-state index contributed by atoms with van der Waals surface area (Å²) >= 11 is 0. The van der Waals surface area contributed by atoms with Gasteiger partial charge in [-0.15, -0.1) is 10.2 Å². The van der Waals surface area contributed by atoms with E-state index in [1.165, 1.54) is 50.8 Å². The summed E-state index contributed by atoms with van der Waals surface area (Å²) in [5.41, 5.74) is -1.77. The summed E-state index contributed by atoms with van der Waals surface area (Å²) in [6.45, 7) is -0.0364. The zero-order valence-electron chi connectivity index (χ0n) is 22.7. The smallest absolute Gasteiger partial charge is 0.416 e. The van der Waals surface area contributed by atoms with E-state index in [0.717, 1.165) is 27.3 Å². The van der Waals surface area contributed by atoms with E-state index in [0.29, 0.717) is 11.5 Å². The SMILES string of the molecule is COc1cc(-c2cc(C(F)(F)F)cc3c2n(C)c(=O)n3CCNc2ccc(F)cc2)c(C(=O)O)cc1OCc1nnc[nH]1. The summed E-state index contributed by atoms with van der Waals surface area (Å²) in [5.74, 6) is -1.50. The van der Waals surface area contributed by atoms with Gasteiger partial charge in [0.2, 0.25) is 0 Å². The van der Waals surface area contributed by atoms with Gasteiger partial charge in [-0.1, -0.05) is 0 Å². The fourth-order valence-electron chi connectivity index (χ4n) is 4.70. The number of fused-ring (bicyclic) bond motifs is 1. The summed E-state index contributed by atoms with van der Waals surface area (Å²) in [6, 6.07) is 9.51. The molecule has 2 aromatic heterocycles. The van der Waals surface area contributed by atoms with Crippen molar-refractivity contribution in [3.8, 4) is 22.6 Å². The first-order valence-corrected chi connectivity index (χ1v) is 12.7. The zero-order valence-corrected chi connectivity index (χ0v) is 22.7. The summed E-state index contributed by atoms with van der Waals surface area (Å²) in [4.78, 5) is 28.4. The highest BCUT2D eigenvalue weighted by molar-refractivity contribution is 6.03. The Bertz CT molecular complexity index is 1850. The number of rotatable bonds is 10. The molecule has 43 heavy (non-hydrogen) atoms. The molecule has 15 heteroatoms. The van der Waals surface area contributed by atoms with Gasteiger partial charge in [0.15, 0.2) is 17.3 Å². The molecule has 2 heterocycles. The molecule has 0 atom stereocenters. The zero-order chi connectivity index (χ0) is 30.9. The summed E-state index contributed by atoms with van der Waals surface area (Å²) in [7, 11) is 2.68. The molecule has 0 saturated heterocycles. The van der Waals surface area contributed by atoms with Crippen LogP contribution in [0.1, 0.15) is 21.7 Å². The molecular formula is C28H24F4N6O5. The lowest BCUT2D eigenvalue weighted by Crippen LogP contribution is -2.25. The predicted molar refractivity (Wildman–Crippen MR) is 147 cm³/mol. The monoisotopic (exact) mass is 600 g/mol. The van der Waals surface area contributed by atoms with Crippen LogP contribution in [0.5, 0.6) is 11.5 Å². The Hall–Kier alpha value is -5.34. The van der Waals surface area contributed by atoms with E-state index in [9.17, 15) is 32.3 Å². The van der Waals surface area contributed by atoms with Gasteiger partial charge in [0.05, 0.1) is 29.3 Å². The topological polar surface area (TPSA) is 136 Å². The second kappa shape index (κ2) is 11.5. The van der Waals surface area contributed by atoms with Crippen molar-refractivity contribution in [2.45, 2.75) is 19.3 Å². The molecule has 5 rings (SSSR count). The van der Waals surface area contributed by atoms with Gasteiger partial charge in [0, 0.05) is 37.0 Å². The fourth-order valence-corrected chi connectivity index (χ4v) is 4.70. The minimum Gasteiger partial charge on any atom is -0.493 e. The number of imidazole rings is 1. The Kier molecular flexibility index (Phi) is 7.80. The maximum atomic E-state index is 14.1. The highest BCUT2D eigenvalue weighted by atomic mass is 19.4.